The van der Waals surface area contributed by atoms with Crippen LogP contribution in [0.5, 0.6) is 11.5 Å². The van der Waals surface area contributed by atoms with Crippen LogP contribution in [-0.2, 0) is 9.59 Å². The molecule has 4 rings (SSSR count). The number of carbonyl (C=O) groups is 2. The van der Waals surface area contributed by atoms with Gasteiger partial charge in [0.25, 0.3) is 0 Å². The van der Waals surface area contributed by atoms with Crippen LogP contribution in [0.1, 0.15) is 56.9 Å². The van der Waals surface area contributed by atoms with Crippen LogP contribution in [0.25, 0.3) is 0 Å². The zero-order chi connectivity index (χ0) is 21.8. The molecule has 2 atom stereocenters. The molecule has 0 unspecified atom stereocenters. The van der Waals surface area contributed by atoms with Crippen LogP contribution < -0.4 is 9.47 Å². The molecule has 0 saturated heterocycles. The molecular formula is C24H30N2O5. The number of fused-ring (bicyclic) bond motifs is 1. The van der Waals surface area contributed by atoms with Crippen LogP contribution in [0.15, 0.2) is 35.5 Å². The summed E-state index contributed by atoms with van der Waals surface area (Å²) in [6.45, 7) is -0.451. The lowest BCUT2D eigenvalue weighted by Crippen LogP contribution is -2.49. The van der Waals surface area contributed by atoms with E-state index in [1.807, 2.05) is 6.07 Å². The van der Waals surface area contributed by atoms with E-state index in [2.05, 4.69) is 12.2 Å². The number of aliphatic carboxylic acids is 1. The monoisotopic (exact) mass is 426 g/mol. The van der Waals surface area contributed by atoms with E-state index in [9.17, 15) is 9.59 Å². The molecule has 1 aromatic carbocycles. The van der Waals surface area contributed by atoms with Crippen molar-refractivity contribution in [3.05, 3.63) is 35.9 Å². The maximum atomic E-state index is 13.4. The smallest absolute Gasteiger partial charge is 0.341 e. The van der Waals surface area contributed by atoms with Crippen molar-refractivity contribution in [3.63, 3.8) is 0 Å². The number of carbonyl (C=O) groups excluding carboxylic acids is 1. The van der Waals surface area contributed by atoms with Crippen molar-refractivity contribution >= 4 is 17.6 Å². The summed E-state index contributed by atoms with van der Waals surface area (Å²) in [5, 5.41) is 15.7. The fourth-order valence-electron chi connectivity index (χ4n) is 4.92. The number of benzene rings is 1. The fraction of sp³-hybridized carbons (Fsp3) is 0.542. The Kier molecular flexibility index (Phi) is 6.59. The molecule has 2 aliphatic carbocycles. The lowest BCUT2D eigenvalue weighted by molar-refractivity contribution is -0.141. The lowest BCUT2D eigenvalue weighted by Gasteiger charge is -2.40. The van der Waals surface area contributed by atoms with Gasteiger partial charge >= 0.3 is 5.97 Å². The van der Waals surface area contributed by atoms with Crippen LogP contribution in [0.3, 0.4) is 0 Å². The number of hydrazone groups is 1. The average molecular weight is 427 g/mol. The third-order valence-electron chi connectivity index (χ3n) is 6.52. The van der Waals surface area contributed by atoms with Crippen molar-refractivity contribution in [1.29, 1.82) is 0 Å². The van der Waals surface area contributed by atoms with Crippen LogP contribution >= 0.6 is 0 Å². The Morgan fingerprint density at radius 2 is 1.81 bits per heavy atom. The summed E-state index contributed by atoms with van der Waals surface area (Å²) in [5.41, 5.74) is 1.72. The first-order valence-corrected chi connectivity index (χ1v) is 11.2. The van der Waals surface area contributed by atoms with Gasteiger partial charge in [-0.1, -0.05) is 37.8 Å². The van der Waals surface area contributed by atoms with Gasteiger partial charge < -0.3 is 14.6 Å². The molecule has 7 heteroatoms. The van der Waals surface area contributed by atoms with E-state index in [0.717, 1.165) is 49.8 Å². The van der Waals surface area contributed by atoms with Crippen LogP contribution in [0.4, 0.5) is 0 Å². The molecule has 1 fully saturated rings. The molecule has 0 aromatic heterocycles. The van der Waals surface area contributed by atoms with E-state index in [1.54, 1.807) is 17.1 Å². The normalized spacial score (nSPS) is 24.2. The number of ether oxygens (including phenoxy) is 2. The van der Waals surface area contributed by atoms with Crippen molar-refractivity contribution in [2.75, 3.05) is 13.7 Å². The Hall–Kier alpha value is -2.83. The third-order valence-corrected chi connectivity index (χ3v) is 6.52. The number of hydrogen-bond donors (Lipinski definition) is 1. The summed E-state index contributed by atoms with van der Waals surface area (Å²) < 4.78 is 10.8. The molecule has 31 heavy (non-hydrogen) atoms. The van der Waals surface area contributed by atoms with Gasteiger partial charge in [0.15, 0.2) is 18.1 Å². The topological polar surface area (TPSA) is 88.4 Å². The minimum atomic E-state index is -1.05. The second-order valence-electron chi connectivity index (χ2n) is 8.52. The fourth-order valence-corrected chi connectivity index (χ4v) is 4.92. The van der Waals surface area contributed by atoms with Gasteiger partial charge in [-0.25, -0.2) is 9.80 Å². The summed E-state index contributed by atoms with van der Waals surface area (Å²) in [4.78, 5) is 24.4. The largest absolute Gasteiger partial charge is 0.493 e. The molecule has 3 aliphatic rings. The van der Waals surface area contributed by atoms with E-state index in [4.69, 9.17) is 19.7 Å². The van der Waals surface area contributed by atoms with Crippen LogP contribution in [-0.4, -0.2) is 47.5 Å². The Morgan fingerprint density at radius 3 is 2.48 bits per heavy atom. The SMILES string of the molecule is COc1ccc(C2=NN(C3CCCCCC3)C(=O)[C@H]3CC=CC[C@@H]23)cc1OCC(=O)O. The first kappa shape index (κ1) is 21.4. The molecule has 1 aromatic rings. The van der Waals surface area contributed by atoms with E-state index >= 15 is 0 Å². The Morgan fingerprint density at radius 1 is 1.10 bits per heavy atom. The first-order valence-electron chi connectivity index (χ1n) is 11.2. The van der Waals surface area contributed by atoms with Gasteiger partial charge in [0, 0.05) is 11.5 Å². The van der Waals surface area contributed by atoms with Crippen LogP contribution in [0, 0.1) is 11.8 Å². The number of hydrogen-bond acceptors (Lipinski definition) is 5. The van der Waals surface area contributed by atoms with Crippen molar-refractivity contribution in [2.24, 2.45) is 16.9 Å². The second-order valence-corrected chi connectivity index (χ2v) is 8.52. The highest BCUT2D eigenvalue weighted by molar-refractivity contribution is 6.07. The number of rotatable bonds is 6. The second kappa shape index (κ2) is 9.54. The molecule has 7 nitrogen and oxygen atoms in total. The molecule has 1 N–H and O–H groups in total. The van der Waals surface area contributed by atoms with Gasteiger partial charge in [0.2, 0.25) is 5.91 Å². The maximum absolute atomic E-state index is 13.4. The Bertz CT molecular complexity index is 886. The summed E-state index contributed by atoms with van der Waals surface area (Å²) >= 11 is 0. The predicted molar refractivity (Wildman–Crippen MR) is 116 cm³/mol. The van der Waals surface area contributed by atoms with Crippen molar-refractivity contribution in [3.8, 4) is 11.5 Å². The summed E-state index contributed by atoms with van der Waals surface area (Å²) in [6, 6.07) is 5.63. The van der Waals surface area contributed by atoms with E-state index < -0.39 is 12.6 Å². The number of nitrogens with zero attached hydrogens (tertiary/aromatic N) is 2. The Labute approximate surface area is 182 Å². The van der Waals surface area contributed by atoms with Crippen molar-refractivity contribution < 1.29 is 24.2 Å². The van der Waals surface area contributed by atoms with Gasteiger partial charge in [-0.3, -0.25) is 4.79 Å². The highest BCUT2D eigenvalue weighted by atomic mass is 16.5. The van der Waals surface area contributed by atoms with Gasteiger partial charge in [-0.05, 0) is 43.9 Å². The molecule has 1 aliphatic heterocycles. The molecule has 166 valence electrons. The summed E-state index contributed by atoms with van der Waals surface area (Å²) in [6.07, 6.45) is 12.4. The number of carboxylic acids is 1. The summed E-state index contributed by atoms with van der Waals surface area (Å²) in [5.74, 6) is -0.165. The number of amides is 1. The minimum Gasteiger partial charge on any atom is -0.493 e. The third kappa shape index (κ3) is 4.60. The lowest BCUT2D eigenvalue weighted by atomic mass is 9.76. The minimum absolute atomic E-state index is 0.0141. The highest BCUT2D eigenvalue weighted by Crippen LogP contribution is 2.38. The number of methoxy groups -OCH3 is 1. The van der Waals surface area contributed by atoms with Gasteiger partial charge in [-0.2, -0.15) is 5.10 Å². The maximum Gasteiger partial charge on any atom is 0.341 e. The van der Waals surface area contributed by atoms with Crippen molar-refractivity contribution in [1.82, 2.24) is 5.01 Å². The summed E-state index contributed by atoms with van der Waals surface area (Å²) in [7, 11) is 1.52. The molecule has 1 heterocycles. The molecular weight excluding hydrogens is 396 g/mol. The van der Waals surface area contributed by atoms with Crippen molar-refractivity contribution in [2.45, 2.75) is 57.4 Å². The zero-order valence-electron chi connectivity index (χ0n) is 18.0. The van der Waals surface area contributed by atoms with E-state index in [-0.39, 0.29) is 23.8 Å². The first-order chi connectivity index (χ1) is 15.1. The molecule has 0 radical (unpaired) electrons. The standard InChI is InChI=1S/C24H30N2O5/c1-30-20-13-12-16(14-21(20)31-15-22(27)28)23-18-10-6-7-11-19(18)24(29)26(25-23)17-8-4-2-3-5-9-17/h6-7,12-14,17-19H,2-5,8-11,15H2,1H3,(H,27,28)/t18-,19+/m1/s1. The van der Waals surface area contributed by atoms with Crippen LogP contribution in [0.2, 0.25) is 0 Å². The van der Waals surface area contributed by atoms with Gasteiger partial charge in [0.05, 0.1) is 24.8 Å². The zero-order valence-corrected chi connectivity index (χ0v) is 18.0. The molecule has 1 amide bonds. The Balaban J connectivity index is 1.72. The molecule has 1 saturated carbocycles. The van der Waals surface area contributed by atoms with Gasteiger partial charge in [0.1, 0.15) is 0 Å². The van der Waals surface area contributed by atoms with E-state index in [0.29, 0.717) is 11.5 Å². The van der Waals surface area contributed by atoms with Gasteiger partial charge in [-0.15, -0.1) is 0 Å². The quantitative estimate of drug-likeness (QED) is 0.548. The predicted octanol–water partition coefficient (Wildman–Crippen LogP) is 4.01. The number of carboxylic acid groups (broad SMARTS) is 1. The highest BCUT2D eigenvalue weighted by Gasteiger charge is 2.42. The average Bonchev–Trinajstić information content (AvgIpc) is 3.07. The number of allylic oxidation sites excluding steroid dienone is 2. The van der Waals surface area contributed by atoms with E-state index in [1.165, 1.54) is 20.0 Å². The molecule has 0 bridgehead atoms. The molecule has 0 spiro atoms.